The molecule has 0 aromatic heterocycles. The lowest BCUT2D eigenvalue weighted by Gasteiger charge is -2.25. The quantitative estimate of drug-likeness (QED) is 0.603. The summed E-state index contributed by atoms with van der Waals surface area (Å²) in [6.07, 6.45) is 0. The van der Waals surface area contributed by atoms with E-state index in [1.54, 1.807) is 0 Å². The highest BCUT2D eigenvalue weighted by molar-refractivity contribution is 5.76. The number of para-hydroxylation sites is 2. The molecule has 0 N–H and O–H groups in total. The summed E-state index contributed by atoms with van der Waals surface area (Å²) in [4.78, 5) is 2.26. The Morgan fingerprint density at radius 1 is 0.500 bits per heavy atom. The molecule has 3 aromatic carbocycles. The molecule has 1 heteroatoms. The van der Waals surface area contributed by atoms with E-state index in [9.17, 15) is 0 Å². The fourth-order valence-corrected chi connectivity index (χ4v) is 2.30. The zero-order chi connectivity index (χ0) is 13.8. The van der Waals surface area contributed by atoms with E-state index in [1.165, 1.54) is 22.6 Å². The Bertz CT molecular complexity index is 618. The number of hydrogen-bond acceptors (Lipinski definition) is 1. The van der Waals surface area contributed by atoms with E-state index in [0.717, 1.165) is 0 Å². The second kappa shape index (κ2) is 5.62. The second-order valence-electron chi connectivity index (χ2n) is 4.84. The Labute approximate surface area is 120 Å². The van der Waals surface area contributed by atoms with Crippen LogP contribution in [0.15, 0.2) is 84.9 Å². The Hall–Kier alpha value is -2.54. The Morgan fingerprint density at radius 2 is 0.900 bits per heavy atom. The van der Waals surface area contributed by atoms with Gasteiger partial charge in [-0.1, -0.05) is 54.1 Å². The lowest BCUT2D eigenvalue weighted by Crippen LogP contribution is -2.09. The molecule has 0 radical (unpaired) electrons. The molecule has 0 saturated heterocycles. The van der Waals surface area contributed by atoms with Crippen LogP contribution in [0.25, 0.3) is 0 Å². The molecule has 3 aromatic rings. The highest BCUT2D eigenvalue weighted by Crippen LogP contribution is 2.33. The van der Waals surface area contributed by atoms with Crippen LogP contribution in [-0.2, 0) is 0 Å². The van der Waals surface area contributed by atoms with Crippen molar-refractivity contribution in [3.8, 4) is 0 Å². The molecular formula is C19H17N. The highest BCUT2D eigenvalue weighted by Gasteiger charge is 2.10. The zero-order valence-electron chi connectivity index (χ0n) is 11.5. The van der Waals surface area contributed by atoms with Gasteiger partial charge in [0, 0.05) is 17.1 Å². The largest absolute Gasteiger partial charge is 0.311 e. The van der Waals surface area contributed by atoms with Crippen molar-refractivity contribution in [1.82, 2.24) is 0 Å². The minimum Gasteiger partial charge on any atom is -0.311 e. The van der Waals surface area contributed by atoms with Crippen molar-refractivity contribution in [1.29, 1.82) is 0 Å². The normalized spacial score (nSPS) is 10.2. The van der Waals surface area contributed by atoms with Gasteiger partial charge in [-0.2, -0.15) is 0 Å². The Balaban J connectivity index is 2.11. The predicted octanol–water partition coefficient (Wildman–Crippen LogP) is 5.46. The van der Waals surface area contributed by atoms with Crippen molar-refractivity contribution < 1.29 is 0 Å². The van der Waals surface area contributed by atoms with Crippen LogP contribution in [0.1, 0.15) is 5.56 Å². The van der Waals surface area contributed by atoms with Gasteiger partial charge in [-0.05, 0) is 43.3 Å². The Kier molecular flexibility index (Phi) is 3.51. The molecule has 0 amide bonds. The first-order valence-electron chi connectivity index (χ1n) is 6.81. The van der Waals surface area contributed by atoms with E-state index in [1.807, 2.05) is 12.1 Å². The van der Waals surface area contributed by atoms with E-state index in [4.69, 9.17) is 0 Å². The first-order chi connectivity index (χ1) is 9.84. The maximum atomic E-state index is 2.26. The molecule has 20 heavy (non-hydrogen) atoms. The summed E-state index contributed by atoms with van der Waals surface area (Å²) in [7, 11) is 0. The topological polar surface area (TPSA) is 3.24 Å². The van der Waals surface area contributed by atoms with Crippen LogP contribution in [0, 0.1) is 6.92 Å². The lowest BCUT2D eigenvalue weighted by atomic mass is 10.1. The second-order valence-corrected chi connectivity index (χ2v) is 4.84. The molecule has 0 aliphatic heterocycles. The molecule has 1 nitrogen and oxygen atoms in total. The first kappa shape index (κ1) is 12.5. The SMILES string of the molecule is Cc1ccc(N(c2ccccc2)c2ccccc2)cc1. The molecule has 0 fully saturated rings. The summed E-state index contributed by atoms with van der Waals surface area (Å²) in [5, 5.41) is 0. The first-order valence-corrected chi connectivity index (χ1v) is 6.81. The highest BCUT2D eigenvalue weighted by atomic mass is 15.1. The van der Waals surface area contributed by atoms with Crippen molar-refractivity contribution >= 4 is 17.1 Å². The summed E-state index contributed by atoms with van der Waals surface area (Å²) < 4.78 is 0. The van der Waals surface area contributed by atoms with Crippen LogP contribution < -0.4 is 4.90 Å². The molecule has 0 spiro atoms. The van der Waals surface area contributed by atoms with Crippen LogP contribution in [0.2, 0.25) is 0 Å². The van der Waals surface area contributed by atoms with Crippen LogP contribution in [0.5, 0.6) is 0 Å². The van der Waals surface area contributed by atoms with Crippen molar-refractivity contribution in [3.05, 3.63) is 90.5 Å². The fourth-order valence-electron chi connectivity index (χ4n) is 2.30. The lowest BCUT2D eigenvalue weighted by molar-refractivity contribution is 1.27. The van der Waals surface area contributed by atoms with Crippen LogP contribution in [-0.4, -0.2) is 0 Å². The van der Waals surface area contributed by atoms with Crippen LogP contribution >= 0.6 is 0 Å². The summed E-state index contributed by atoms with van der Waals surface area (Å²) in [6.45, 7) is 2.11. The summed E-state index contributed by atoms with van der Waals surface area (Å²) in [6, 6.07) is 29.5. The van der Waals surface area contributed by atoms with Gasteiger partial charge in [0.15, 0.2) is 0 Å². The van der Waals surface area contributed by atoms with Gasteiger partial charge >= 0.3 is 0 Å². The maximum Gasteiger partial charge on any atom is 0.0461 e. The molecule has 0 heterocycles. The van der Waals surface area contributed by atoms with E-state index in [2.05, 4.69) is 84.6 Å². The number of hydrogen-bond donors (Lipinski definition) is 0. The molecule has 98 valence electrons. The number of benzene rings is 3. The summed E-state index contributed by atoms with van der Waals surface area (Å²) in [5.41, 5.74) is 4.79. The number of anilines is 3. The van der Waals surface area contributed by atoms with Crippen molar-refractivity contribution in [2.24, 2.45) is 0 Å². The van der Waals surface area contributed by atoms with Gasteiger partial charge in [-0.25, -0.2) is 0 Å². The van der Waals surface area contributed by atoms with Crippen molar-refractivity contribution in [2.45, 2.75) is 6.92 Å². The third kappa shape index (κ3) is 2.57. The molecule has 0 saturated carbocycles. The average molecular weight is 259 g/mol. The molecule has 0 aliphatic carbocycles. The minimum absolute atomic E-state index is 1.17. The van der Waals surface area contributed by atoms with Gasteiger partial charge in [0.2, 0.25) is 0 Å². The Morgan fingerprint density at radius 3 is 1.35 bits per heavy atom. The van der Waals surface area contributed by atoms with E-state index in [-0.39, 0.29) is 0 Å². The number of rotatable bonds is 3. The van der Waals surface area contributed by atoms with Crippen LogP contribution in [0.4, 0.5) is 17.1 Å². The smallest absolute Gasteiger partial charge is 0.0461 e. The standard InChI is InChI=1S/C19H17N/c1-16-12-14-19(15-13-16)20(17-8-4-2-5-9-17)18-10-6-3-7-11-18/h2-15H,1H3. The van der Waals surface area contributed by atoms with Gasteiger partial charge in [-0.3, -0.25) is 0 Å². The molecule has 3 rings (SSSR count). The third-order valence-corrected chi connectivity index (χ3v) is 3.32. The van der Waals surface area contributed by atoms with Gasteiger partial charge in [0.25, 0.3) is 0 Å². The van der Waals surface area contributed by atoms with Crippen molar-refractivity contribution in [2.75, 3.05) is 4.90 Å². The summed E-state index contributed by atoms with van der Waals surface area (Å²) in [5.74, 6) is 0. The van der Waals surface area contributed by atoms with Crippen molar-refractivity contribution in [3.63, 3.8) is 0 Å². The van der Waals surface area contributed by atoms with Crippen LogP contribution in [0.3, 0.4) is 0 Å². The van der Waals surface area contributed by atoms with E-state index < -0.39 is 0 Å². The molecular weight excluding hydrogens is 242 g/mol. The van der Waals surface area contributed by atoms with E-state index in [0.29, 0.717) is 0 Å². The maximum absolute atomic E-state index is 2.26. The number of nitrogens with zero attached hydrogens (tertiary/aromatic N) is 1. The van der Waals surface area contributed by atoms with Gasteiger partial charge in [0.05, 0.1) is 0 Å². The zero-order valence-corrected chi connectivity index (χ0v) is 11.5. The van der Waals surface area contributed by atoms with Gasteiger partial charge in [-0.15, -0.1) is 0 Å². The van der Waals surface area contributed by atoms with E-state index >= 15 is 0 Å². The minimum atomic E-state index is 1.17. The molecule has 0 atom stereocenters. The third-order valence-electron chi connectivity index (χ3n) is 3.32. The fraction of sp³-hybridized carbons (Fsp3) is 0.0526. The van der Waals surface area contributed by atoms with Gasteiger partial charge < -0.3 is 4.90 Å². The summed E-state index contributed by atoms with van der Waals surface area (Å²) >= 11 is 0. The monoisotopic (exact) mass is 259 g/mol. The predicted molar refractivity (Wildman–Crippen MR) is 85.9 cm³/mol. The number of aryl methyl sites for hydroxylation is 1. The van der Waals surface area contributed by atoms with Gasteiger partial charge in [0.1, 0.15) is 0 Å². The molecule has 0 unspecified atom stereocenters. The molecule has 0 bridgehead atoms. The average Bonchev–Trinajstić information content (AvgIpc) is 2.52. The molecule has 0 aliphatic rings.